The molecule has 0 radical (unpaired) electrons. The minimum Gasteiger partial charge on any atom is -0.506 e. The van der Waals surface area contributed by atoms with Gasteiger partial charge in [0, 0.05) is 0 Å². The van der Waals surface area contributed by atoms with E-state index in [0.717, 1.165) is 0 Å². The molecule has 6 heteroatoms. The summed E-state index contributed by atoms with van der Waals surface area (Å²) in [4.78, 5) is 0. The standard InChI is InChI=1S/C12H5N5O/c13-4-8-2-1-3-11(18)12(8)17-10(7-16)9(5-14)6-15/h1-3,17-18H. The van der Waals surface area contributed by atoms with Crippen molar-refractivity contribution in [1.29, 1.82) is 21.0 Å². The highest BCUT2D eigenvalue weighted by Crippen LogP contribution is 2.28. The van der Waals surface area contributed by atoms with Crippen molar-refractivity contribution >= 4 is 5.69 Å². The average Bonchev–Trinajstić information content (AvgIpc) is 2.40. The molecule has 0 unspecified atom stereocenters. The number of allylic oxidation sites excluding steroid dienone is 2. The molecule has 0 aromatic heterocycles. The van der Waals surface area contributed by atoms with Gasteiger partial charge in [0.05, 0.1) is 11.3 Å². The van der Waals surface area contributed by atoms with Crippen LogP contribution in [-0.2, 0) is 0 Å². The molecule has 0 fully saturated rings. The number of nitrogens with one attached hydrogen (secondary N) is 1. The topological polar surface area (TPSA) is 127 Å². The van der Waals surface area contributed by atoms with E-state index in [0.29, 0.717) is 0 Å². The zero-order valence-corrected chi connectivity index (χ0v) is 8.97. The Morgan fingerprint density at radius 3 is 2.22 bits per heavy atom. The number of benzene rings is 1. The Bertz CT molecular complexity index is 660. The van der Waals surface area contributed by atoms with E-state index in [2.05, 4.69) is 5.32 Å². The second-order valence-corrected chi connectivity index (χ2v) is 3.02. The first-order chi connectivity index (χ1) is 8.67. The van der Waals surface area contributed by atoms with E-state index in [-0.39, 0.29) is 22.7 Å². The third-order valence-corrected chi connectivity index (χ3v) is 2.00. The van der Waals surface area contributed by atoms with Crippen LogP contribution in [0.4, 0.5) is 5.69 Å². The summed E-state index contributed by atoms with van der Waals surface area (Å²) in [6.07, 6.45) is 0. The van der Waals surface area contributed by atoms with Crippen LogP contribution in [0.2, 0.25) is 0 Å². The molecule has 84 valence electrons. The van der Waals surface area contributed by atoms with Gasteiger partial charge in [0.2, 0.25) is 0 Å². The Morgan fingerprint density at radius 2 is 1.72 bits per heavy atom. The second kappa shape index (κ2) is 5.56. The number of anilines is 1. The van der Waals surface area contributed by atoms with E-state index < -0.39 is 5.57 Å². The monoisotopic (exact) mass is 235 g/mol. The fraction of sp³-hybridized carbons (Fsp3) is 0. The van der Waals surface area contributed by atoms with Crippen LogP contribution in [0.3, 0.4) is 0 Å². The second-order valence-electron chi connectivity index (χ2n) is 3.02. The molecule has 0 amide bonds. The normalized spacial score (nSPS) is 8.00. The number of rotatable bonds is 2. The number of nitrogens with zero attached hydrogens (tertiary/aromatic N) is 4. The molecule has 18 heavy (non-hydrogen) atoms. The first kappa shape index (κ1) is 12.6. The Labute approximate surface area is 103 Å². The van der Waals surface area contributed by atoms with Gasteiger partial charge >= 0.3 is 0 Å². The summed E-state index contributed by atoms with van der Waals surface area (Å²) in [5.41, 5.74) is -0.667. The van der Waals surface area contributed by atoms with E-state index in [4.69, 9.17) is 21.0 Å². The molecular formula is C12H5N5O. The van der Waals surface area contributed by atoms with Gasteiger partial charge in [-0.05, 0) is 12.1 Å². The smallest absolute Gasteiger partial charge is 0.163 e. The molecule has 1 rings (SSSR count). The van der Waals surface area contributed by atoms with Crippen LogP contribution in [0.5, 0.6) is 5.75 Å². The van der Waals surface area contributed by atoms with Crippen molar-refractivity contribution in [1.82, 2.24) is 0 Å². The number of hydrogen-bond donors (Lipinski definition) is 2. The minimum absolute atomic E-state index is 0.0143. The van der Waals surface area contributed by atoms with Gasteiger partial charge in [0.15, 0.2) is 5.57 Å². The number of nitriles is 4. The fourth-order valence-corrected chi connectivity index (χ4v) is 1.17. The van der Waals surface area contributed by atoms with Crippen molar-refractivity contribution in [2.24, 2.45) is 0 Å². The summed E-state index contributed by atoms with van der Waals surface area (Å²) >= 11 is 0. The molecule has 2 N–H and O–H groups in total. The van der Waals surface area contributed by atoms with Crippen molar-refractivity contribution in [2.75, 3.05) is 5.32 Å². The van der Waals surface area contributed by atoms with Crippen molar-refractivity contribution in [3.63, 3.8) is 0 Å². The zero-order chi connectivity index (χ0) is 13.5. The molecule has 0 aliphatic rings. The molecule has 0 saturated carbocycles. The van der Waals surface area contributed by atoms with Gasteiger partial charge < -0.3 is 10.4 Å². The maximum Gasteiger partial charge on any atom is 0.163 e. The molecular weight excluding hydrogens is 230 g/mol. The molecule has 0 saturated heterocycles. The van der Waals surface area contributed by atoms with Crippen LogP contribution < -0.4 is 5.32 Å². The van der Waals surface area contributed by atoms with Crippen molar-refractivity contribution in [3.05, 3.63) is 35.0 Å². The molecule has 0 atom stereocenters. The Balaban J connectivity index is 3.35. The molecule has 0 aliphatic heterocycles. The van der Waals surface area contributed by atoms with Crippen molar-refractivity contribution in [3.8, 4) is 30.0 Å². The largest absolute Gasteiger partial charge is 0.506 e. The lowest BCUT2D eigenvalue weighted by atomic mass is 10.1. The molecule has 6 nitrogen and oxygen atoms in total. The zero-order valence-electron chi connectivity index (χ0n) is 8.97. The highest BCUT2D eigenvalue weighted by Gasteiger charge is 2.12. The van der Waals surface area contributed by atoms with Gasteiger partial charge in [0.1, 0.15) is 35.7 Å². The Morgan fingerprint density at radius 1 is 1.06 bits per heavy atom. The minimum atomic E-state index is -0.426. The highest BCUT2D eigenvalue weighted by atomic mass is 16.3. The summed E-state index contributed by atoms with van der Waals surface area (Å²) in [5, 5.41) is 47.0. The number of para-hydroxylation sites is 1. The molecule has 0 aliphatic carbocycles. The lowest BCUT2D eigenvalue weighted by Gasteiger charge is -2.08. The van der Waals surface area contributed by atoms with E-state index >= 15 is 0 Å². The van der Waals surface area contributed by atoms with E-state index in [1.807, 2.05) is 6.07 Å². The lowest BCUT2D eigenvalue weighted by molar-refractivity contribution is 0.477. The number of phenols is 1. The summed E-state index contributed by atoms with van der Waals surface area (Å²) in [7, 11) is 0. The lowest BCUT2D eigenvalue weighted by Crippen LogP contribution is -2.02. The molecule has 1 aromatic carbocycles. The summed E-state index contributed by atoms with van der Waals surface area (Å²) in [6, 6.07) is 10.8. The first-order valence-corrected chi connectivity index (χ1v) is 4.61. The van der Waals surface area contributed by atoms with Crippen molar-refractivity contribution in [2.45, 2.75) is 0 Å². The number of hydrogen-bond acceptors (Lipinski definition) is 6. The van der Waals surface area contributed by atoms with Gasteiger partial charge in [-0.2, -0.15) is 21.0 Å². The van der Waals surface area contributed by atoms with E-state index in [9.17, 15) is 5.11 Å². The van der Waals surface area contributed by atoms with Gasteiger partial charge in [-0.15, -0.1) is 0 Å². The van der Waals surface area contributed by atoms with Gasteiger partial charge in [-0.3, -0.25) is 0 Å². The van der Waals surface area contributed by atoms with Crippen molar-refractivity contribution < 1.29 is 5.11 Å². The quantitative estimate of drug-likeness (QED) is 0.590. The summed E-state index contributed by atoms with van der Waals surface area (Å²) in [6.45, 7) is 0. The molecule has 1 aromatic rings. The Kier molecular flexibility index (Phi) is 3.89. The molecule has 0 bridgehead atoms. The predicted molar refractivity (Wildman–Crippen MR) is 60.3 cm³/mol. The van der Waals surface area contributed by atoms with E-state index in [1.165, 1.54) is 18.2 Å². The SMILES string of the molecule is N#CC(C#N)=C(C#N)Nc1c(O)cccc1C#N. The van der Waals surface area contributed by atoms with Gasteiger partial charge in [-0.1, -0.05) is 6.07 Å². The van der Waals surface area contributed by atoms with Crippen LogP contribution in [0, 0.1) is 45.3 Å². The maximum absolute atomic E-state index is 9.58. The number of aromatic hydroxyl groups is 1. The summed E-state index contributed by atoms with van der Waals surface area (Å²) < 4.78 is 0. The van der Waals surface area contributed by atoms with E-state index in [1.54, 1.807) is 18.2 Å². The van der Waals surface area contributed by atoms with Crippen LogP contribution >= 0.6 is 0 Å². The van der Waals surface area contributed by atoms with Gasteiger partial charge in [0.25, 0.3) is 0 Å². The maximum atomic E-state index is 9.58. The van der Waals surface area contributed by atoms with Gasteiger partial charge in [-0.25, -0.2) is 0 Å². The Hall–Kier alpha value is -3.48. The fourth-order valence-electron chi connectivity index (χ4n) is 1.17. The first-order valence-electron chi connectivity index (χ1n) is 4.61. The molecule has 0 spiro atoms. The van der Waals surface area contributed by atoms with Crippen LogP contribution in [-0.4, -0.2) is 5.11 Å². The number of phenolic OH excluding ortho intramolecular Hbond substituents is 1. The van der Waals surface area contributed by atoms with Crippen LogP contribution in [0.25, 0.3) is 0 Å². The average molecular weight is 235 g/mol. The van der Waals surface area contributed by atoms with Crippen LogP contribution in [0.15, 0.2) is 29.5 Å². The third kappa shape index (κ3) is 2.36. The highest BCUT2D eigenvalue weighted by molar-refractivity contribution is 5.70. The van der Waals surface area contributed by atoms with Crippen LogP contribution in [0.1, 0.15) is 5.56 Å². The third-order valence-electron chi connectivity index (χ3n) is 2.00. The molecule has 0 heterocycles. The predicted octanol–water partition coefficient (Wildman–Crippen LogP) is 1.50. The summed E-state index contributed by atoms with van der Waals surface area (Å²) in [5.74, 6) is -0.253.